The fourth-order valence-corrected chi connectivity index (χ4v) is 2.27. The minimum absolute atomic E-state index is 0.619. The molecule has 0 aromatic heterocycles. The van der Waals surface area contributed by atoms with E-state index in [0.717, 1.165) is 4.90 Å². The van der Waals surface area contributed by atoms with E-state index in [0.29, 0.717) is 5.92 Å². The molecule has 0 radical (unpaired) electrons. The Hall–Kier alpha value is -1.99. The van der Waals surface area contributed by atoms with Crippen molar-refractivity contribution >= 4 is 12.6 Å². The molecule has 0 bridgehead atoms. The van der Waals surface area contributed by atoms with Crippen molar-refractivity contribution in [2.24, 2.45) is 0 Å². The Morgan fingerprint density at radius 3 is 1.36 bits per heavy atom. The molecule has 0 saturated carbocycles. The molecule has 0 fully saturated rings. The smallest absolute Gasteiger partial charge is 0.00401 e. The topological polar surface area (TPSA) is 0 Å². The van der Waals surface area contributed by atoms with Gasteiger partial charge < -0.3 is 0 Å². The molecule has 1 heteroatoms. The Bertz CT molecular complexity index is 618. The highest BCUT2D eigenvalue weighted by atomic mass is 32.1. The summed E-state index contributed by atoms with van der Waals surface area (Å²) < 4.78 is 0. The second-order valence-corrected chi connectivity index (χ2v) is 5.99. The van der Waals surface area contributed by atoms with Gasteiger partial charge in [0.1, 0.15) is 0 Å². The van der Waals surface area contributed by atoms with E-state index in [1.807, 2.05) is 24.3 Å². The van der Waals surface area contributed by atoms with Crippen molar-refractivity contribution in [3.8, 4) is 11.1 Å². The first-order chi connectivity index (χ1) is 10.7. The third-order valence-electron chi connectivity index (χ3n) is 3.44. The molecule has 3 aromatic carbocycles. The monoisotopic (exact) mass is 306 g/mol. The molecule has 0 spiro atoms. The second-order valence-electron chi connectivity index (χ2n) is 5.48. The van der Waals surface area contributed by atoms with E-state index in [2.05, 4.69) is 87.1 Å². The van der Waals surface area contributed by atoms with E-state index in [1.165, 1.54) is 16.7 Å². The zero-order valence-corrected chi connectivity index (χ0v) is 14.0. The van der Waals surface area contributed by atoms with E-state index in [-0.39, 0.29) is 0 Å². The molecule has 0 unspecified atom stereocenters. The van der Waals surface area contributed by atoms with Gasteiger partial charge in [-0.1, -0.05) is 86.6 Å². The lowest BCUT2D eigenvalue weighted by atomic mass is 10.0. The summed E-state index contributed by atoms with van der Waals surface area (Å²) in [5.41, 5.74) is 3.93. The van der Waals surface area contributed by atoms with Gasteiger partial charge in [0.2, 0.25) is 0 Å². The van der Waals surface area contributed by atoms with Crippen LogP contribution in [-0.2, 0) is 0 Å². The van der Waals surface area contributed by atoms with E-state index in [9.17, 15) is 0 Å². The predicted octanol–water partition coefficient (Wildman–Crippen LogP) is 6.45. The average molecular weight is 306 g/mol. The lowest BCUT2D eigenvalue weighted by Gasteiger charge is -2.03. The first-order valence-corrected chi connectivity index (χ1v) is 8.01. The third-order valence-corrected chi connectivity index (χ3v) is 3.74. The van der Waals surface area contributed by atoms with Crippen LogP contribution in [0, 0.1) is 0 Å². The highest BCUT2D eigenvalue weighted by Gasteiger charge is 1.95. The van der Waals surface area contributed by atoms with Crippen LogP contribution in [0.4, 0.5) is 0 Å². The summed E-state index contributed by atoms with van der Waals surface area (Å²) in [5.74, 6) is 0.619. The predicted molar refractivity (Wildman–Crippen MR) is 99.7 cm³/mol. The number of thiol groups is 1. The maximum Gasteiger partial charge on any atom is 0.00401 e. The summed E-state index contributed by atoms with van der Waals surface area (Å²) in [6, 6.07) is 29.1. The van der Waals surface area contributed by atoms with Gasteiger partial charge in [-0.15, -0.1) is 12.6 Å². The van der Waals surface area contributed by atoms with Crippen molar-refractivity contribution in [2.75, 3.05) is 0 Å². The van der Waals surface area contributed by atoms with Crippen molar-refractivity contribution in [3.05, 3.63) is 90.5 Å². The highest BCUT2D eigenvalue weighted by Crippen LogP contribution is 2.17. The Balaban J connectivity index is 0.000000164. The summed E-state index contributed by atoms with van der Waals surface area (Å²) in [6.07, 6.45) is 0. The number of rotatable bonds is 2. The molecule has 0 aliphatic carbocycles. The molecule has 0 amide bonds. The SMILES string of the molecule is CC(C)c1ccc(S)cc1.c1ccc(-c2ccccc2)cc1. The van der Waals surface area contributed by atoms with E-state index in [4.69, 9.17) is 0 Å². The zero-order chi connectivity index (χ0) is 15.8. The first kappa shape index (κ1) is 16.4. The van der Waals surface area contributed by atoms with Gasteiger partial charge in [0.25, 0.3) is 0 Å². The van der Waals surface area contributed by atoms with Gasteiger partial charge in [-0.3, -0.25) is 0 Å². The zero-order valence-electron chi connectivity index (χ0n) is 13.1. The summed E-state index contributed by atoms with van der Waals surface area (Å²) in [5, 5.41) is 0. The lowest BCUT2D eigenvalue weighted by Crippen LogP contribution is -1.84. The van der Waals surface area contributed by atoms with Crippen LogP contribution >= 0.6 is 12.6 Å². The molecule has 0 atom stereocenters. The number of benzene rings is 3. The second kappa shape index (κ2) is 8.45. The molecule has 0 aliphatic rings. The van der Waals surface area contributed by atoms with E-state index >= 15 is 0 Å². The van der Waals surface area contributed by atoms with Gasteiger partial charge in [-0.2, -0.15) is 0 Å². The van der Waals surface area contributed by atoms with Crippen molar-refractivity contribution in [1.82, 2.24) is 0 Å². The molecule has 22 heavy (non-hydrogen) atoms. The van der Waals surface area contributed by atoms with Crippen LogP contribution in [0.2, 0.25) is 0 Å². The molecule has 0 N–H and O–H groups in total. The Kier molecular flexibility index (Phi) is 6.29. The number of hydrogen-bond donors (Lipinski definition) is 1. The van der Waals surface area contributed by atoms with Crippen LogP contribution in [0.25, 0.3) is 11.1 Å². The maximum atomic E-state index is 4.20. The van der Waals surface area contributed by atoms with Gasteiger partial charge in [0, 0.05) is 4.90 Å². The van der Waals surface area contributed by atoms with Crippen molar-refractivity contribution in [2.45, 2.75) is 24.7 Å². The number of hydrogen-bond acceptors (Lipinski definition) is 1. The van der Waals surface area contributed by atoms with Crippen molar-refractivity contribution in [3.63, 3.8) is 0 Å². The van der Waals surface area contributed by atoms with Gasteiger partial charge in [-0.25, -0.2) is 0 Å². The van der Waals surface area contributed by atoms with Crippen LogP contribution < -0.4 is 0 Å². The lowest BCUT2D eigenvalue weighted by molar-refractivity contribution is 0.865. The van der Waals surface area contributed by atoms with Crippen LogP contribution in [0.1, 0.15) is 25.3 Å². The molecular formula is C21H22S. The molecular weight excluding hydrogens is 284 g/mol. The van der Waals surface area contributed by atoms with Gasteiger partial charge >= 0.3 is 0 Å². The Morgan fingerprint density at radius 2 is 1.00 bits per heavy atom. The van der Waals surface area contributed by atoms with Crippen LogP contribution in [0.15, 0.2) is 89.8 Å². The average Bonchev–Trinajstić information content (AvgIpc) is 2.57. The minimum atomic E-state index is 0.619. The quantitative estimate of drug-likeness (QED) is 0.517. The van der Waals surface area contributed by atoms with Gasteiger partial charge in [0.05, 0.1) is 0 Å². The first-order valence-electron chi connectivity index (χ1n) is 7.56. The van der Waals surface area contributed by atoms with Crippen LogP contribution in [0.5, 0.6) is 0 Å². The molecule has 0 nitrogen and oxygen atoms in total. The standard InChI is InChI=1S/C12H10.C9H12S/c1-3-7-11(8-4-1)12-9-5-2-6-10-12;1-7(2)8-3-5-9(10)6-4-8/h1-10H;3-7,10H,1-2H3. The summed E-state index contributed by atoms with van der Waals surface area (Å²) in [6.45, 7) is 4.38. The Morgan fingerprint density at radius 1 is 0.591 bits per heavy atom. The fourth-order valence-electron chi connectivity index (χ4n) is 2.12. The molecule has 3 aromatic rings. The minimum Gasteiger partial charge on any atom is -0.143 e. The van der Waals surface area contributed by atoms with Crippen LogP contribution in [-0.4, -0.2) is 0 Å². The summed E-state index contributed by atoms with van der Waals surface area (Å²) >= 11 is 4.20. The molecule has 0 heterocycles. The molecule has 0 aliphatic heterocycles. The van der Waals surface area contributed by atoms with Gasteiger partial charge in [-0.05, 0) is 34.7 Å². The van der Waals surface area contributed by atoms with E-state index < -0.39 is 0 Å². The molecule has 0 saturated heterocycles. The maximum absolute atomic E-state index is 4.20. The Labute approximate surface area is 139 Å². The largest absolute Gasteiger partial charge is 0.143 e. The van der Waals surface area contributed by atoms with E-state index in [1.54, 1.807) is 0 Å². The summed E-state index contributed by atoms with van der Waals surface area (Å²) in [4.78, 5) is 1.03. The third kappa shape index (κ3) is 5.09. The molecule has 3 rings (SSSR count). The normalized spacial score (nSPS) is 10.0. The van der Waals surface area contributed by atoms with Crippen LogP contribution in [0.3, 0.4) is 0 Å². The van der Waals surface area contributed by atoms with Crippen molar-refractivity contribution < 1.29 is 0 Å². The fraction of sp³-hybridized carbons (Fsp3) is 0.143. The highest BCUT2D eigenvalue weighted by molar-refractivity contribution is 7.80. The van der Waals surface area contributed by atoms with Gasteiger partial charge in [0.15, 0.2) is 0 Å². The summed E-state index contributed by atoms with van der Waals surface area (Å²) in [7, 11) is 0. The molecule has 112 valence electrons. The van der Waals surface area contributed by atoms with Crippen molar-refractivity contribution in [1.29, 1.82) is 0 Å².